The molecule has 0 saturated carbocycles. The highest BCUT2D eigenvalue weighted by Gasteiger charge is 2.07. The van der Waals surface area contributed by atoms with Crippen LogP contribution in [0.4, 0.5) is 0 Å². The van der Waals surface area contributed by atoms with E-state index in [1.165, 1.54) is 55.6 Å². The summed E-state index contributed by atoms with van der Waals surface area (Å²) in [5.41, 5.74) is 2.71. The first kappa shape index (κ1) is 17.8. The van der Waals surface area contributed by atoms with Gasteiger partial charge in [0.2, 0.25) is 0 Å². The molecule has 2 aromatic rings. The molecule has 0 saturated heterocycles. The van der Waals surface area contributed by atoms with E-state index >= 15 is 0 Å². The topological polar surface area (TPSA) is 17.8 Å². The van der Waals surface area contributed by atoms with Crippen molar-refractivity contribution < 1.29 is 0 Å². The summed E-state index contributed by atoms with van der Waals surface area (Å²) in [5, 5.41) is 0. The second-order valence-electron chi connectivity index (χ2n) is 6.49. The third-order valence-electron chi connectivity index (χ3n) is 4.38. The van der Waals surface area contributed by atoms with Crippen LogP contribution in [0.2, 0.25) is 0 Å². The van der Waals surface area contributed by atoms with Gasteiger partial charge in [-0.25, -0.2) is 4.98 Å². The molecule has 0 aliphatic rings. The van der Waals surface area contributed by atoms with Crippen LogP contribution < -0.4 is 0 Å². The first-order chi connectivity index (χ1) is 11.3. The summed E-state index contributed by atoms with van der Waals surface area (Å²) < 4.78 is 2.41. The normalized spacial score (nSPS) is 11.0. The first-order valence-corrected chi connectivity index (χ1v) is 9.42. The van der Waals surface area contributed by atoms with Crippen molar-refractivity contribution in [2.75, 3.05) is 0 Å². The Balaban J connectivity index is 1.85. The van der Waals surface area contributed by atoms with Gasteiger partial charge in [0.05, 0.1) is 5.69 Å². The van der Waals surface area contributed by atoms with Crippen molar-refractivity contribution >= 4 is 0 Å². The lowest BCUT2D eigenvalue weighted by Crippen LogP contribution is -2.02. The molecule has 2 nitrogen and oxygen atoms in total. The minimum Gasteiger partial charge on any atom is -0.335 e. The van der Waals surface area contributed by atoms with E-state index in [9.17, 15) is 0 Å². The van der Waals surface area contributed by atoms with Crippen molar-refractivity contribution in [2.45, 2.75) is 78.2 Å². The van der Waals surface area contributed by atoms with E-state index in [-0.39, 0.29) is 0 Å². The van der Waals surface area contributed by atoms with Crippen LogP contribution in [0.1, 0.15) is 69.5 Å². The lowest BCUT2D eigenvalue weighted by atomic mass is 10.1. The number of aromatic nitrogens is 2. The Morgan fingerprint density at radius 2 is 1.65 bits per heavy atom. The number of imidazole rings is 1. The molecule has 0 radical (unpaired) electrons. The van der Waals surface area contributed by atoms with Crippen molar-refractivity contribution in [3.8, 4) is 0 Å². The third kappa shape index (κ3) is 6.21. The Labute approximate surface area is 142 Å². The van der Waals surface area contributed by atoms with Crippen LogP contribution >= 0.6 is 0 Å². The summed E-state index contributed by atoms with van der Waals surface area (Å²) in [6.45, 7) is 5.65. The molecule has 0 amide bonds. The molecule has 0 unspecified atom stereocenters. The Morgan fingerprint density at radius 3 is 2.39 bits per heavy atom. The summed E-state index contributed by atoms with van der Waals surface area (Å²) >= 11 is 0. The van der Waals surface area contributed by atoms with Gasteiger partial charge in [0.15, 0.2) is 0 Å². The van der Waals surface area contributed by atoms with Crippen LogP contribution in [0.15, 0.2) is 36.5 Å². The van der Waals surface area contributed by atoms with Gasteiger partial charge in [-0.2, -0.15) is 0 Å². The molecule has 0 N–H and O–H groups in total. The quantitative estimate of drug-likeness (QED) is 0.494. The van der Waals surface area contributed by atoms with Gasteiger partial charge in [-0.05, 0) is 37.7 Å². The average Bonchev–Trinajstić information content (AvgIpc) is 2.95. The van der Waals surface area contributed by atoms with Gasteiger partial charge >= 0.3 is 0 Å². The fourth-order valence-electron chi connectivity index (χ4n) is 3.08. The highest BCUT2D eigenvalue weighted by atomic mass is 15.1. The fourth-order valence-corrected chi connectivity index (χ4v) is 3.08. The number of unbranched alkanes of at least 4 members (excludes halogenated alkanes) is 3. The van der Waals surface area contributed by atoms with Crippen molar-refractivity contribution in [3.05, 3.63) is 53.6 Å². The van der Waals surface area contributed by atoms with E-state index in [1.54, 1.807) is 0 Å². The molecule has 1 aromatic heterocycles. The van der Waals surface area contributed by atoms with E-state index in [4.69, 9.17) is 4.98 Å². The number of benzene rings is 1. The van der Waals surface area contributed by atoms with Gasteiger partial charge in [0, 0.05) is 19.2 Å². The van der Waals surface area contributed by atoms with Gasteiger partial charge < -0.3 is 4.57 Å². The maximum absolute atomic E-state index is 4.89. The molecule has 1 aromatic carbocycles. The zero-order valence-electron chi connectivity index (χ0n) is 14.9. The second-order valence-corrected chi connectivity index (χ2v) is 6.49. The number of aryl methyl sites for hydroxylation is 4. The van der Waals surface area contributed by atoms with E-state index < -0.39 is 0 Å². The molecule has 0 bridgehead atoms. The van der Waals surface area contributed by atoms with E-state index in [2.05, 4.69) is 54.9 Å². The number of nitrogens with zero attached hydrogens (tertiary/aromatic N) is 2. The molecule has 126 valence electrons. The maximum Gasteiger partial charge on any atom is 0.108 e. The monoisotopic (exact) mass is 312 g/mol. The Kier molecular flexibility index (Phi) is 7.92. The predicted molar refractivity (Wildman–Crippen MR) is 98.8 cm³/mol. The van der Waals surface area contributed by atoms with Crippen LogP contribution in [-0.2, 0) is 25.8 Å². The molecule has 0 spiro atoms. The highest BCUT2D eigenvalue weighted by molar-refractivity contribution is 5.15. The summed E-state index contributed by atoms with van der Waals surface area (Å²) in [6.07, 6.45) is 13.3. The third-order valence-corrected chi connectivity index (χ3v) is 4.38. The van der Waals surface area contributed by atoms with Crippen molar-refractivity contribution in [1.82, 2.24) is 9.55 Å². The second kappa shape index (κ2) is 10.3. The van der Waals surface area contributed by atoms with Crippen LogP contribution in [-0.4, -0.2) is 9.55 Å². The maximum atomic E-state index is 4.89. The average molecular weight is 313 g/mol. The summed E-state index contributed by atoms with van der Waals surface area (Å²) in [4.78, 5) is 4.89. The first-order valence-electron chi connectivity index (χ1n) is 9.42. The van der Waals surface area contributed by atoms with Crippen molar-refractivity contribution in [1.29, 1.82) is 0 Å². The molecule has 2 heteroatoms. The summed E-state index contributed by atoms with van der Waals surface area (Å²) in [5.74, 6) is 1.29. The van der Waals surface area contributed by atoms with Crippen LogP contribution in [0.25, 0.3) is 0 Å². The van der Waals surface area contributed by atoms with Crippen molar-refractivity contribution in [3.63, 3.8) is 0 Å². The lowest BCUT2D eigenvalue weighted by Gasteiger charge is -2.06. The highest BCUT2D eigenvalue weighted by Crippen LogP contribution is 2.12. The largest absolute Gasteiger partial charge is 0.335 e. The number of hydrogen-bond donors (Lipinski definition) is 0. The van der Waals surface area contributed by atoms with Crippen LogP contribution in [0.5, 0.6) is 0 Å². The smallest absolute Gasteiger partial charge is 0.108 e. The number of hydrogen-bond acceptors (Lipinski definition) is 1. The minimum absolute atomic E-state index is 1.09. The number of rotatable bonds is 11. The molecule has 0 aliphatic heterocycles. The summed E-state index contributed by atoms with van der Waals surface area (Å²) in [6, 6.07) is 10.8. The SMILES string of the molecule is CCCCCCn1cc(CCCc2ccccc2)nc1CCC. The predicted octanol–water partition coefficient (Wildman–Crippen LogP) is 5.59. The molecule has 1 heterocycles. The van der Waals surface area contributed by atoms with E-state index in [1.807, 2.05) is 0 Å². The van der Waals surface area contributed by atoms with Crippen molar-refractivity contribution in [2.24, 2.45) is 0 Å². The standard InChI is InChI=1S/C21H32N2/c1-3-5-6-10-17-23-18-20(22-21(23)12-4-2)16-11-15-19-13-8-7-9-14-19/h7-9,13-14,18H,3-6,10-12,15-17H2,1-2H3. The summed E-state index contributed by atoms with van der Waals surface area (Å²) in [7, 11) is 0. The van der Waals surface area contributed by atoms with E-state index in [0.29, 0.717) is 0 Å². The zero-order valence-corrected chi connectivity index (χ0v) is 14.9. The van der Waals surface area contributed by atoms with Gasteiger partial charge in [-0.1, -0.05) is 63.4 Å². The zero-order chi connectivity index (χ0) is 16.3. The van der Waals surface area contributed by atoms with Crippen LogP contribution in [0, 0.1) is 0 Å². The minimum atomic E-state index is 1.09. The van der Waals surface area contributed by atoms with Crippen LogP contribution in [0.3, 0.4) is 0 Å². The van der Waals surface area contributed by atoms with Gasteiger partial charge in [-0.3, -0.25) is 0 Å². The van der Waals surface area contributed by atoms with Gasteiger partial charge in [0.1, 0.15) is 5.82 Å². The van der Waals surface area contributed by atoms with Gasteiger partial charge in [0.25, 0.3) is 0 Å². The Hall–Kier alpha value is -1.57. The molecule has 0 atom stereocenters. The molecular weight excluding hydrogens is 280 g/mol. The Morgan fingerprint density at radius 1 is 0.826 bits per heavy atom. The molecule has 0 aliphatic carbocycles. The fraction of sp³-hybridized carbons (Fsp3) is 0.571. The Bertz CT molecular complexity index is 542. The lowest BCUT2D eigenvalue weighted by molar-refractivity contribution is 0.562. The molecule has 0 fully saturated rings. The van der Waals surface area contributed by atoms with Gasteiger partial charge in [-0.15, -0.1) is 0 Å². The molecular formula is C21H32N2. The van der Waals surface area contributed by atoms with E-state index in [0.717, 1.165) is 25.8 Å². The molecule has 23 heavy (non-hydrogen) atoms. The molecule has 2 rings (SSSR count).